The van der Waals surface area contributed by atoms with Crippen LogP contribution in [0.1, 0.15) is 86.5 Å². The van der Waals surface area contributed by atoms with Crippen LogP contribution in [0.2, 0.25) is 0 Å². The summed E-state index contributed by atoms with van der Waals surface area (Å²) in [6.07, 6.45) is 9.74. The number of hydrogen-bond acceptors (Lipinski definition) is 1. The van der Waals surface area contributed by atoms with E-state index in [1.54, 1.807) is 0 Å². The molecular weight excluding hydrogens is 232 g/mol. The smallest absolute Gasteiger partial charge is 0.0692 e. The second-order valence-corrected chi connectivity index (χ2v) is 8.63. The maximum Gasteiger partial charge on any atom is 0.0692 e. The monoisotopic (exact) mass is 266 g/mol. The van der Waals surface area contributed by atoms with Crippen LogP contribution >= 0.6 is 0 Å². The summed E-state index contributed by atoms with van der Waals surface area (Å²) in [5.41, 5.74) is 1.12. The second kappa shape index (κ2) is 5.06. The van der Waals surface area contributed by atoms with Gasteiger partial charge in [0.05, 0.1) is 11.7 Å². The molecule has 1 heteroatoms. The molecule has 112 valence electrons. The number of hydrogen-bond donors (Lipinski definition) is 0. The Bertz CT molecular complexity index is 322. The summed E-state index contributed by atoms with van der Waals surface area (Å²) in [6.45, 7) is 14.4. The topological polar surface area (TPSA) is 9.23 Å². The summed E-state index contributed by atoms with van der Waals surface area (Å²) in [4.78, 5) is 0. The average Bonchev–Trinajstić information content (AvgIpc) is 2.53. The lowest BCUT2D eigenvalue weighted by molar-refractivity contribution is -0.0859. The Labute approximate surface area is 120 Å². The average molecular weight is 266 g/mol. The van der Waals surface area contributed by atoms with Gasteiger partial charge in [-0.25, -0.2) is 0 Å². The first-order valence-electron chi connectivity index (χ1n) is 8.39. The molecule has 0 aromatic rings. The fourth-order valence-corrected chi connectivity index (χ4v) is 5.46. The van der Waals surface area contributed by atoms with Crippen molar-refractivity contribution in [3.63, 3.8) is 0 Å². The lowest BCUT2D eigenvalue weighted by Crippen LogP contribution is -2.45. The first-order chi connectivity index (χ1) is 8.71. The standard InChI is InChI=1S/C18H34O/c1-7-9-18(6)15(12-14(2)19-18)17(5)11-8-10-16(3,4)13-17/h14-15H,7-13H2,1-6H3/t14?,15-,17+,18-/m1/s1. The molecule has 1 nitrogen and oxygen atoms in total. The zero-order valence-corrected chi connectivity index (χ0v) is 14.0. The van der Waals surface area contributed by atoms with Gasteiger partial charge in [-0.2, -0.15) is 0 Å². The molecule has 2 aliphatic rings. The fraction of sp³-hybridized carbons (Fsp3) is 1.00. The molecule has 0 bridgehead atoms. The van der Waals surface area contributed by atoms with Gasteiger partial charge in [-0.15, -0.1) is 0 Å². The van der Waals surface area contributed by atoms with Crippen LogP contribution in [0, 0.1) is 16.7 Å². The van der Waals surface area contributed by atoms with Crippen LogP contribution in [-0.4, -0.2) is 11.7 Å². The van der Waals surface area contributed by atoms with Gasteiger partial charge in [0.25, 0.3) is 0 Å². The van der Waals surface area contributed by atoms with E-state index in [0.29, 0.717) is 16.9 Å². The van der Waals surface area contributed by atoms with E-state index < -0.39 is 0 Å². The predicted molar refractivity (Wildman–Crippen MR) is 82.3 cm³/mol. The summed E-state index contributed by atoms with van der Waals surface area (Å²) < 4.78 is 6.39. The molecule has 1 aliphatic heterocycles. The molecule has 0 spiro atoms. The maximum atomic E-state index is 6.39. The third-order valence-corrected chi connectivity index (χ3v) is 5.85. The van der Waals surface area contributed by atoms with Gasteiger partial charge in [-0.05, 0) is 62.7 Å². The van der Waals surface area contributed by atoms with Crippen molar-refractivity contribution in [1.29, 1.82) is 0 Å². The van der Waals surface area contributed by atoms with E-state index in [9.17, 15) is 0 Å². The fourth-order valence-electron chi connectivity index (χ4n) is 5.46. The van der Waals surface area contributed by atoms with Crippen molar-refractivity contribution in [2.75, 3.05) is 0 Å². The van der Waals surface area contributed by atoms with Crippen molar-refractivity contribution >= 4 is 0 Å². The van der Waals surface area contributed by atoms with E-state index in [2.05, 4.69) is 41.5 Å². The molecule has 0 aromatic heterocycles. The molecular formula is C18H34O. The minimum Gasteiger partial charge on any atom is -0.372 e. The van der Waals surface area contributed by atoms with E-state index in [1.807, 2.05) is 0 Å². The minimum absolute atomic E-state index is 0.121. The molecule has 1 saturated heterocycles. The van der Waals surface area contributed by atoms with Gasteiger partial charge in [0.1, 0.15) is 0 Å². The quantitative estimate of drug-likeness (QED) is 0.648. The molecule has 0 radical (unpaired) electrons. The second-order valence-electron chi connectivity index (χ2n) is 8.63. The van der Waals surface area contributed by atoms with Crippen LogP contribution in [0.15, 0.2) is 0 Å². The molecule has 19 heavy (non-hydrogen) atoms. The van der Waals surface area contributed by atoms with Crippen LogP contribution in [0.3, 0.4) is 0 Å². The van der Waals surface area contributed by atoms with Crippen LogP contribution in [-0.2, 0) is 4.74 Å². The van der Waals surface area contributed by atoms with Crippen molar-refractivity contribution in [2.45, 2.75) is 98.2 Å². The molecule has 1 unspecified atom stereocenters. The van der Waals surface area contributed by atoms with Crippen molar-refractivity contribution in [3.8, 4) is 0 Å². The summed E-state index contributed by atoms with van der Waals surface area (Å²) in [5.74, 6) is 0.745. The Kier molecular flexibility index (Phi) is 4.09. The van der Waals surface area contributed by atoms with Crippen LogP contribution in [0.4, 0.5) is 0 Å². The predicted octanol–water partition coefficient (Wildman–Crippen LogP) is 5.58. The maximum absolute atomic E-state index is 6.39. The van der Waals surface area contributed by atoms with Crippen molar-refractivity contribution in [1.82, 2.24) is 0 Å². The van der Waals surface area contributed by atoms with Gasteiger partial charge in [-0.1, -0.05) is 40.5 Å². The molecule has 1 heterocycles. The highest BCUT2D eigenvalue weighted by Crippen LogP contribution is 2.57. The third-order valence-electron chi connectivity index (χ3n) is 5.85. The molecule has 0 amide bonds. The van der Waals surface area contributed by atoms with Gasteiger partial charge in [0.15, 0.2) is 0 Å². The lowest BCUT2D eigenvalue weighted by atomic mass is 9.55. The van der Waals surface area contributed by atoms with Crippen molar-refractivity contribution < 1.29 is 4.74 Å². The Morgan fingerprint density at radius 1 is 1.11 bits per heavy atom. The molecule has 4 atom stereocenters. The normalized spacial score (nSPS) is 46.4. The van der Waals surface area contributed by atoms with Crippen LogP contribution in [0.25, 0.3) is 0 Å². The van der Waals surface area contributed by atoms with Gasteiger partial charge >= 0.3 is 0 Å². The largest absolute Gasteiger partial charge is 0.372 e. The molecule has 0 aromatic carbocycles. The van der Waals surface area contributed by atoms with Crippen LogP contribution < -0.4 is 0 Å². The lowest BCUT2D eigenvalue weighted by Gasteiger charge is -2.50. The van der Waals surface area contributed by atoms with Crippen molar-refractivity contribution in [2.24, 2.45) is 16.7 Å². The molecule has 0 N–H and O–H groups in total. The van der Waals surface area contributed by atoms with E-state index in [-0.39, 0.29) is 5.60 Å². The van der Waals surface area contributed by atoms with E-state index in [0.717, 1.165) is 5.92 Å². The van der Waals surface area contributed by atoms with E-state index in [4.69, 9.17) is 4.74 Å². The molecule has 1 saturated carbocycles. The van der Waals surface area contributed by atoms with Crippen LogP contribution in [0.5, 0.6) is 0 Å². The highest BCUT2D eigenvalue weighted by Gasteiger charge is 2.53. The van der Waals surface area contributed by atoms with E-state index in [1.165, 1.54) is 44.9 Å². The first kappa shape index (κ1) is 15.4. The Morgan fingerprint density at radius 3 is 2.37 bits per heavy atom. The third kappa shape index (κ3) is 3.01. The minimum atomic E-state index is 0.121. The van der Waals surface area contributed by atoms with Gasteiger partial charge in [0.2, 0.25) is 0 Å². The number of ether oxygens (including phenoxy) is 1. The highest BCUT2D eigenvalue weighted by molar-refractivity contribution is 5.03. The van der Waals surface area contributed by atoms with Gasteiger partial charge in [0, 0.05) is 0 Å². The number of rotatable bonds is 3. The first-order valence-corrected chi connectivity index (χ1v) is 8.39. The van der Waals surface area contributed by atoms with Gasteiger partial charge < -0.3 is 4.74 Å². The SMILES string of the molecule is CCC[C@@]1(C)OC(C)C[C@@H]1[C@@]1(C)CCCC(C)(C)C1. The zero-order chi connectivity index (χ0) is 14.3. The molecule has 1 aliphatic carbocycles. The highest BCUT2D eigenvalue weighted by atomic mass is 16.5. The Balaban J connectivity index is 2.23. The zero-order valence-electron chi connectivity index (χ0n) is 14.0. The summed E-state index contributed by atoms with van der Waals surface area (Å²) in [5, 5.41) is 0. The summed E-state index contributed by atoms with van der Waals surface area (Å²) >= 11 is 0. The van der Waals surface area contributed by atoms with Crippen molar-refractivity contribution in [3.05, 3.63) is 0 Å². The Hall–Kier alpha value is -0.0400. The molecule has 2 fully saturated rings. The molecule has 2 rings (SSSR count). The van der Waals surface area contributed by atoms with Gasteiger partial charge in [-0.3, -0.25) is 0 Å². The summed E-state index contributed by atoms with van der Waals surface area (Å²) in [7, 11) is 0. The summed E-state index contributed by atoms with van der Waals surface area (Å²) in [6, 6.07) is 0. The Morgan fingerprint density at radius 2 is 1.79 bits per heavy atom. The van der Waals surface area contributed by atoms with E-state index >= 15 is 0 Å².